The molecule has 4 rings (SSSR count). The van der Waals surface area contributed by atoms with E-state index in [2.05, 4.69) is 4.90 Å². The van der Waals surface area contributed by atoms with E-state index in [1.165, 1.54) is 0 Å². The third-order valence-electron chi connectivity index (χ3n) is 6.86. The van der Waals surface area contributed by atoms with Crippen LogP contribution in [0.3, 0.4) is 0 Å². The summed E-state index contributed by atoms with van der Waals surface area (Å²) >= 11 is 7.77. The number of halogens is 1. The Hall–Kier alpha value is -2.20. The lowest BCUT2D eigenvalue weighted by Gasteiger charge is -2.36. The van der Waals surface area contributed by atoms with Gasteiger partial charge in [-0.2, -0.15) is 0 Å². The molecule has 1 aromatic carbocycles. The fourth-order valence-electron chi connectivity index (χ4n) is 4.69. The number of hydrogen-bond donors (Lipinski definition) is 0. The lowest BCUT2D eigenvalue weighted by molar-refractivity contribution is -0.146. The number of para-hydroxylation sites is 1. The number of methoxy groups -OCH3 is 1. The molecule has 0 aliphatic carbocycles. The van der Waals surface area contributed by atoms with Crippen molar-refractivity contribution in [2.75, 3.05) is 59.5 Å². The molecule has 0 atom stereocenters. The number of carbonyl (C=O) groups excluding carboxylic acids is 2. The van der Waals surface area contributed by atoms with E-state index in [0.29, 0.717) is 49.3 Å². The molecule has 10 heteroatoms. The highest BCUT2D eigenvalue weighted by molar-refractivity contribution is 7.09. The molecular weight excluding hydrogens is 500 g/mol. The lowest BCUT2D eigenvalue weighted by atomic mass is 9.96. The number of rotatable bonds is 8. The minimum Gasteiger partial charge on any atom is -0.476 e. The fourth-order valence-corrected chi connectivity index (χ4v) is 5.83. The minimum absolute atomic E-state index is 0.00924. The molecule has 2 saturated heterocycles. The molecule has 0 bridgehead atoms. The van der Waals surface area contributed by atoms with Gasteiger partial charge in [0.1, 0.15) is 11.4 Å². The number of nitrogens with zero attached hydrogens (tertiary/aromatic N) is 4. The Kier molecular flexibility index (Phi) is 8.87. The summed E-state index contributed by atoms with van der Waals surface area (Å²) in [7, 11) is 1.71. The fraction of sp³-hybridized carbons (Fsp3) is 0.577. The zero-order valence-corrected chi connectivity index (χ0v) is 22.8. The van der Waals surface area contributed by atoms with Gasteiger partial charge in [-0.3, -0.25) is 14.5 Å². The predicted octanol–water partition coefficient (Wildman–Crippen LogP) is 3.76. The summed E-state index contributed by atoms with van der Waals surface area (Å²) in [6.07, 6.45) is 1.63. The molecule has 2 aliphatic rings. The molecule has 0 unspecified atom stereocenters. The summed E-state index contributed by atoms with van der Waals surface area (Å²) in [5.41, 5.74) is -0.486. The van der Waals surface area contributed by atoms with Gasteiger partial charge < -0.3 is 19.3 Å². The first kappa shape index (κ1) is 26.9. The van der Waals surface area contributed by atoms with Crippen LogP contribution in [0.5, 0.6) is 5.75 Å². The average molecular weight is 535 g/mol. The van der Waals surface area contributed by atoms with Gasteiger partial charge in [0, 0.05) is 64.2 Å². The van der Waals surface area contributed by atoms with Crippen LogP contribution in [-0.4, -0.2) is 96.6 Å². The largest absolute Gasteiger partial charge is 0.476 e. The summed E-state index contributed by atoms with van der Waals surface area (Å²) in [5, 5.41) is 3.35. The number of piperazine rings is 1. The van der Waals surface area contributed by atoms with Crippen LogP contribution in [-0.2, 0) is 9.53 Å². The number of benzene rings is 1. The van der Waals surface area contributed by atoms with E-state index in [0.717, 1.165) is 37.5 Å². The third kappa shape index (κ3) is 6.37. The number of aromatic nitrogens is 1. The van der Waals surface area contributed by atoms with E-state index in [-0.39, 0.29) is 17.7 Å². The van der Waals surface area contributed by atoms with Crippen LogP contribution in [0.1, 0.15) is 48.1 Å². The van der Waals surface area contributed by atoms with Crippen molar-refractivity contribution >= 4 is 34.8 Å². The van der Waals surface area contributed by atoms with Gasteiger partial charge in [0.15, 0.2) is 5.60 Å². The highest BCUT2D eigenvalue weighted by Gasteiger charge is 2.37. The first-order chi connectivity index (χ1) is 17.3. The van der Waals surface area contributed by atoms with Crippen molar-refractivity contribution in [3.63, 3.8) is 0 Å². The van der Waals surface area contributed by atoms with Gasteiger partial charge in [-0.1, -0.05) is 23.7 Å². The molecule has 2 amide bonds. The highest BCUT2D eigenvalue weighted by Crippen LogP contribution is 2.33. The van der Waals surface area contributed by atoms with Crippen LogP contribution in [0, 0.1) is 0 Å². The molecule has 0 radical (unpaired) electrons. The maximum absolute atomic E-state index is 13.2. The number of carbonyl (C=O) groups is 2. The monoisotopic (exact) mass is 534 g/mol. The second-order valence-electron chi connectivity index (χ2n) is 9.81. The molecule has 0 spiro atoms. The number of ether oxygens (including phenoxy) is 2. The van der Waals surface area contributed by atoms with Crippen LogP contribution < -0.4 is 4.74 Å². The third-order valence-corrected chi connectivity index (χ3v) is 8.18. The first-order valence-corrected chi connectivity index (χ1v) is 13.7. The second-order valence-corrected chi connectivity index (χ2v) is 11.1. The van der Waals surface area contributed by atoms with Crippen molar-refractivity contribution in [2.45, 2.75) is 38.2 Å². The predicted molar refractivity (Wildman–Crippen MR) is 141 cm³/mol. The van der Waals surface area contributed by atoms with E-state index >= 15 is 0 Å². The highest BCUT2D eigenvalue weighted by atomic mass is 35.5. The molecule has 0 N–H and O–H groups in total. The number of amides is 2. The van der Waals surface area contributed by atoms with Crippen molar-refractivity contribution in [3.05, 3.63) is 45.4 Å². The lowest BCUT2D eigenvalue weighted by Crippen LogP contribution is -2.51. The van der Waals surface area contributed by atoms with Gasteiger partial charge in [0.05, 0.1) is 16.6 Å². The van der Waals surface area contributed by atoms with E-state index in [4.69, 9.17) is 26.1 Å². The molecule has 8 nitrogen and oxygen atoms in total. The quantitative estimate of drug-likeness (QED) is 0.513. The van der Waals surface area contributed by atoms with Crippen molar-refractivity contribution in [3.8, 4) is 5.75 Å². The Morgan fingerprint density at radius 2 is 1.78 bits per heavy atom. The Balaban J connectivity index is 1.28. The van der Waals surface area contributed by atoms with Crippen molar-refractivity contribution in [1.29, 1.82) is 0 Å². The second kappa shape index (κ2) is 11.9. The average Bonchev–Trinajstić information content (AvgIpc) is 3.39. The van der Waals surface area contributed by atoms with Crippen LogP contribution in [0.15, 0.2) is 29.6 Å². The Morgan fingerprint density at radius 3 is 2.44 bits per heavy atom. The van der Waals surface area contributed by atoms with Crippen LogP contribution in [0.4, 0.5) is 0 Å². The zero-order valence-electron chi connectivity index (χ0n) is 21.2. The summed E-state index contributed by atoms with van der Waals surface area (Å²) in [5.74, 6) is 0.707. The van der Waals surface area contributed by atoms with Gasteiger partial charge in [-0.05, 0) is 38.8 Å². The molecule has 196 valence electrons. The Labute approximate surface area is 222 Å². The van der Waals surface area contributed by atoms with Crippen molar-refractivity contribution in [2.24, 2.45) is 0 Å². The van der Waals surface area contributed by atoms with E-state index in [9.17, 15) is 9.59 Å². The van der Waals surface area contributed by atoms with Crippen molar-refractivity contribution in [1.82, 2.24) is 19.7 Å². The molecule has 2 fully saturated rings. The SMILES string of the molecule is COCCN1CCN(C(=O)c2csc(C3CCN(C(=O)C(C)(C)Oc4ccccc4Cl)CC3)n2)CC1. The molecule has 3 heterocycles. The number of thiazole rings is 1. The topological polar surface area (TPSA) is 75.2 Å². The Morgan fingerprint density at radius 1 is 1.08 bits per heavy atom. The summed E-state index contributed by atoms with van der Waals surface area (Å²) in [4.78, 5) is 37.0. The maximum Gasteiger partial charge on any atom is 0.273 e. The molecule has 2 aromatic rings. The van der Waals surface area contributed by atoms with Gasteiger partial charge in [-0.15, -0.1) is 11.3 Å². The molecule has 2 aliphatic heterocycles. The molecule has 1 aromatic heterocycles. The maximum atomic E-state index is 13.2. The molecular formula is C26H35ClN4O4S. The number of hydrogen-bond acceptors (Lipinski definition) is 7. The normalized spacial score (nSPS) is 17.9. The van der Waals surface area contributed by atoms with Gasteiger partial charge >= 0.3 is 0 Å². The van der Waals surface area contributed by atoms with E-state index < -0.39 is 5.60 Å². The van der Waals surface area contributed by atoms with E-state index in [1.807, 2.05) is 27.3 Å². The summed E-state index contributed by atoms with van der Waals surface area (Å²) < 4.78 is 11.1. The molecule has 36 heavy (non-hydrogen) atoms. The first-order valence-electron chi connectivity index (χ1n) is 12.5. The van der Waals surface area contributed by atoms with Crippen LogP contribution >= 0.6 is 22.9 Å². The zero-order chi connectivity index (χ0) is 25.7. The van der Waals surface area contributed by atoms with Gasteiger partial charge in [0.2, 0.25) is 0 Å². The van der Waals surface area contributed by atoms with Gasteiger partial charge in [0.25, 0.3) is 11.8 Å². The minimum atomic E-state index is -1.02. The summed E-state index contributed by atoms with van der Waals surface area (Å²) in [6, 6.07) is 7.19. The smallest absolute Gasteiger partial charge is 0.273 e. The number of piperidine rings is 1. The summed E-state index contributed by atoms with van der Waals surface area (Å²) in [6.45, 7) is 9.55. The number of likely N-dealkylation sites (tertiary alicyclic amines) is 1. The van der Waals surface area contributed by atoms with Crippen LogP contribution in [0.25, 0.3) is 0 Å². The molecule has 0 saturated carbocycles. The Bertz CT molecular complexity index is 1050. The van der Waals surface area contributed by atoms with Gasteiger partial charge in [-0.25, -0.2) is 4.98 Å². The standard InChI is InChI=1S/C26H35ClN4O4S/c1-26(2,35-22-7-5-4-6-20(22)27)25(33)31-10-8-19(9-11-31)23-28-21(18-36-23)24(32)30-14-12-29(13-15-30)16-17-34-3/h4-7,18-19H,8-17H2,1-3H3. The van der Waals surface area contributed by atoms with E-state index in [1.54, 1.807) is 44.4 Å². The van der Waals surface area contributed by atoms with Crippen molar-refractivity contribution < 1.29 is 19.1 Å². The van der Waals surface area contributed by atoms with Crippen LogP contribution in [0.2, 0.25) is 5.02 Å².